The molecular weight excluding hydrogens is 483 g/mol. The number of aliphatic hydroxyl groups excluding tert-OH is 1. The fraction of sp³-hybridized carbons (Fsp3) is 0.148. The molecule has 1 N–H and O–H groups in total. The van der Waals surface area contributed by atoms with E-state index in [1.54, 1.807) is 36.4 Å². The number of fused-ring (bicyclic) bond motifs is 1. The van der Waals surface area contributed by atoms with E-state index in [4.69, 9.17) is 9.47 Å². The average Bonchev–Trinajstić information content (AvgIpc) is 3.42. The first-order chi connectivity index (χ1) is 17.4. The number of ether oxygens (including phenoxy) is 2. The quantitative estimate of drug-likeness (QED) is 0.213. The van der Waals surface area contributed by atoms with Gasteiger partial charge in [-0.3, -0.25) is 14.5 Å². The maximum absolute atomic E-state index is 13.7. The summed E-state index contributed by atoms with van der Waals surface area (Å²) < 4.78 is 25.2. The van der Waals surface area contributed by atoms with Crippen molar-refractivity contribution in [3.05, 3.63) is 89.2 Å². The molecule has 0 unspecified atom stereocenters. The molecule has 182 valence electrons. The van der Waals surface area contributed by atoms with Gasteiger partial charge in [-0.2, -0.15) is 0 Å². The van der Waals surface area contributed by atoms with Crippen molar-refractivity contribution in [3.8, 4) is 11.5 Å². The van der Waals surface area contributed by atoms with Crippen LogP contribution in [0.1, 0.15) is 24.1 Å². The molecule has 1 fully saturated rings. The third-order valence-corrected chi connectivity index (χ3v) is 6.88. The van der Waals surface area contributed by atoms with Gasteiger partial charge in [0.25, 0.3) is 5.78 Å². The molecule has 1 aliphatic heterocycles. The minimum Gasteiger partial charge on any atom is -0.507 e. The lowest BCUT2D eigenvalue weighted by atomic mass is 9.95. The predicted octanol–water partition coefficient (Wildman–Crippen LogP) is 5.47. The van der Waals surface area contributed by atoms with Crippen molar-refractivity contribution in [2.24, 2.45) is 0 Å². The lowest BCUT2D eigenvalue weighted by Gasteiger charge is -2.23. The first-order valence-electron chi connectivity index (χ1n) is 11.2. The summed E-state index contributed by atoms with van der Waals surface area (Å²) in [5, 5.41) is 11.5. The maximum Gasteiger partial charge on any atom is 0.301 e. The largest absolute Gasteiger partial charge is 0.507 e. The number of aromatic nitrogens is 1. The lowest BCUT2D eigenvalue weighted by molar-refractivity contribution is -0.132. The maximum atomic E-state index is 13.7. The minimum absolute atomic E-state index is 0.106. The first kappa shape index (κ1) is 23.5. The van der Waals surface area contributed by atoms with Crippen LogP contribution in [0.5, 0.6) is 11.5 Å². The standard InChI is InChI=1S/C27H21FN2O5S/c1-3-35-19-12-13-20-21(14-19)36-27(29-20)30-23(15-4-8-17(28)9-5-15)22(25(32)26(30)33)24(31)16-6-10-18(34-2)11-7-16/h4-14,23,31H,3H2,1-2H3/t23-/m1/s1. The highest BCUT2D eigenvalue weighted by atomic mass is 32.1. The number of anilines is 1. The van der Waals surface area contributed by atoms with Crippen molar-refractivity contribution >= 4 is 44.1 Å². The SMILES string of the molecule is CCOc1ccc2nc(N3C(=O)C(=O)C(=C(O)c4ccc(OC)cc4)[C@H]3c3ccc(F)cc3)sc2c1. The number of nitrogens with zero attached hydrogens (tertiary/aromatic N) is 2. The Labute approximate surface area is 210 Å². The van der Waals surface area contributed by atoms with Gasteiger partial charge in [0.1, 0.15) is 23.1 Å². The van der Waals surface area contributed by atoms with E-state index in [0.717, 1.165) is 4.70 Å². The highest BCUT2D eigenvalue weighted by Crippen LogP contribution is 2.44. The van der Waals surface area contributed by atoms with Gasteiger partial charge in [0, 0.05) is 5.56 Å². The van der Waals surface area contributed by atoms with E-state index < -0.39 is 23.5 Å². The number of carbonyl (C=O) groups excluding carboxylic acids is 2. The molecule has 1 saturated heterocycles. The second-order valence-electron chi connectivity index (χ2n) is 8.01. The van der Waals surface area contributed by atoms with E-state index in [1.165, 1.54) is 47.6 Å². The van der Waals surface area contributed by atoms with Crippen LogP contribution < -0.4 is 14.4 Å². The third-order valence-electron chi connectivity index (χ3n) is 5.86. The Kier molecular flexibility index (Phi) is 6.15. The number of halogens is 1. The second kappa shape index (κ2) is 9.43. The second-order valence-corrected chi connectivity index (χ2v) is 9.02. The Bertz CT molecular complexity index is 1500. The van der Waals surface area contributed by atoms with E-state index in [0.29, 0.717) is 34.7 Å². The van der Waals surface area contributed by atoms with Gasteiger partial charge in [-0.05, 0) is 67.1 Å². The zero-order valence-corrected chi connectivity index (χ0v) is 20.2. The summed E-state index contributed by atoms with van der Waals surface area (Å²) in [7, 11) is 1.52. The summed E-state index contributed by atoms with van der Waals surface area (Å²) in [5.74, 6) is -1.25. The number of rotatable bonds is 6. The van der Waals surface area contributed by atoms with Crippen LogP contribution in [0.2, 0.25) is 0 Å². The Morgan fingerprint density at radius 2 is 1.75 bits per heavy atom. The summed E-state index contributed by atoms with van der Waals surface area (Å²) in [5.41, 5.74) is 1.32. The van der Waals surface area contributed by atoms with E-state index >= 15 is 0 Å². The van der Waals surface area contributed by atoms with Crippen LogP contribution in [0.25, 0.3) is 16.0 Å². The lowest BCUT2D eigenvalue weighted by Crippen LogP contribution is -2.29. The third kappa shape index (κ3) is 4.07. The Balaban J connectivity index is 1.67. The average molecular weight is 505 g/mol. The van der Waals surface area contributed by atoms with Crippen LogP contribution in [0.15, 0.2) is 72.3 Å². The molecule has 3 aromatic carbocycles. The molecule has 0 radical (unpaired) electrons. The highest BCUT2D eigenvalue weighted by Gasteiger charge is 2.48. The number of Topliss-reactive ketones (excluding diaryl/α,β-unsaturated/α-hetero) is 1. The summed E-state index contributed by atoms with van der Waals surface area (Å²) in [6, 6.07) is 16.3. The number of thiazole rings is 1. The van der Waals surface area contributed by atoms with Gasteiger partial charge in [0.05, 0.1) is 35.5 Å². The van der Waals surface area contributed by atoms with Gasteiger partial charge in [0.2, 0.25) is 0 Å². The summed E-state index contributed by atoms with van der Waals surface area (Å²) >= 11 is 1.22. The van der Waals surface area contributed by atoms with Crippen LogP contribution in [-0.2, 0) is 9.59 Å². The van der Waals surface area contributed by atoms with Crippen LogP contribution in [-0.4, -0.2) is 35.5 Å². The normalized spacial score (nSPS) is 17.1. The Hall–Kier alpha value is -4.24. The molecule has 36 heavy (non-hydrogen) atoms. The number of aliphatic hydroxyl groups is 1. The topological polar surface area (TPSA) is 89.0 Å². The molecule has 0 bridgehead atoms. The number of carbonyl (C=O) groups is 2. The molecule has 1 aliphatic rings. The number of hydrogen-bond donors (Lipinski definition) is 1. The van der Waals surface area contributed by atoms with Crippen molar-refractivity contribution in [2.45, 2.75) is 13.0 Å². The molecule has 0 aliphatic carbocycles. The first-order valence-corrected chi connectivity index (χ1v) is 12.0. The molecule has 0 spiro atoms. The van der Waals surface area contributed by atoms with Crippen molar-refractivity contribution < 1.29 is 28.6 Å². The van der Waals surface area contributed by atoms with Crippen LogP contribution in [0.4, 0.5) is 9.52 Å². The van der Waals surface area contributed by atoms with E-state index in [2.05, 4.69) is 4.98 Å². The van der Waals surface area contributed by atoms with Crippen molar-refractivity contribution in [2.75, 3.05) is 18.6 Å². The van der Waals surface area contributed by atoms with Gasteiger partial charge >= 0.3 is 5.91 Å². The molecule has 4 aromatic rings. The van der Waals surface area contributed by atoms with Crippen molar-refractivity contribution in [3.63, 3.8) is 0 Å². The molecular formula is C27H21FN2O5S. The van der Waals surface area contributed by atoms with Crippen LogP contribution in [0, 0.1) is 5.82 Å². The minimum atomic E-state index is -1.00. The molecule has 0 saturated carbocycles. The highest BCUT2D eigenvalue weighted by molar-refractivity contribution is 7.22. The smallest absolute Gasteiger partial charge is 0.301 e. The number of methoxy groups -OCH3 is 1. The molecule has 1 aromatic heterocycles. The molecule has 1 atom stereocenters. The van der Waals surface area contributed by atoms with Crippen molar-refractivity contribution in [1.29, 1.82) is 0 Å². The van der Waals surface area contributed by atoms with E-state index in [-0.39, 0.29) is 16.5 Å². The van der Waals surface area contributed by atoms with Gasteiger partial charge in [-0.1, -0.05) is 23.5 Å². The summed E-state index contributed by atoms with van der Waals surface area (Å²) in [6.07, 6.45) is 0. The van der Waals surface area contributed by atoms with Crippen molar-refractivity contribution in [1.82, 2.24) is 4.98 Å². The number of ketones is 1. The monoisotopic (exact) mass is 504 g/mol. The fourth-order valence-electron chi connectivity index (χ4n) is 4.15. The molecule has 1 amide bonds. The molecule has 7 nitrogen and oxygen atoms in total. The Morgan fingerprint density at radius 1 is 1.06 bits per heavy atom. The summed E-state index contributed by atoms with van der Waals surface area (Å²) in [4.78, 5) is 32.5. The molecule has 2 heterocycles. The fourth-order valence-corrected chi connectivity index (χ4v) is 5.17. The van der Waals surface area contributed by atoms with Gasteiger partial charge < -0.3 is 14.6 Å². The number of benzene rings is 3. The zero-order chi connectivity index (χ0) is 25.4. The number of amides is 1. The summed E-state index contributed by atoms with van der Waals surface area (Å²) in [6.45, 7) is 2.38. The van der Waals surface area contributed by atoms with Gasteiger partial charge in [0.15, 0.2) is 5.13 Å². The van der Waals surface area contributed by atoms with Crippen LogP contribution in [0.3, 0.4) is 0 Å². The molecule has 5 rings (SSSR count). The van der Waals surface area contributed by atoms with Gasteiger partial charge in [-0.25, -0.2) is 9.37 Å². The Morgan fingerprint density at radius 3 is 2.42 bits per heavy atom. The van der Waals surface area contributed by atoms with Gasteiger partial charge in [-0.15, -0.1) is 0 Å². The van der Waals surface area contributed by atoms with Crippen LogP contribution >= 0.6 is 11.3 Å². The van der Waals surface area contributed by atoms with E-state index in [9.17, 15) is 19.1 Å². The van der Waals surface area contributed by atoms with E-state index in [1.807, 2.05) is 13.0 Å². The predicted molar refractivity (Wildman–Crippen MR) is 135 cm³/mol. The zero-order valence-electron chi connectivity index (χ0n) is 19.4. The number of hydrogen-bond acceptors (Lipinski definition) is 7. The molecule has 9 heteroatoms.